The zero-order chi connectivity index (χ0) is 17.4. The number of halogens is 2. The van der Waals surface area contributed by atoms with Crippen molar-refractivity contribution < 1.29 is 18.8 Å². The number of nitrogens with zero attached hydrogens (tertiary/aromatic N) is 1. The smallest absolute Gasteiger partial charge is 0.335 e. The second-order valence-electron chi connectivity index (χ2n) is 5.03. The quantitative estimate of drug-likeness (QED) is 0.426. The molecule has 1 fully saturated rings. The maximum atomic E-state index is 12.6. The molecule has 6 nitrogen and oxygen atoms in total. The van der Waals surface area contributed by atoms with Gasteiger partial charge in [0.2, 0.25) is 0 Å². The summed E-state index contributed by atoms with van der Waals surface area (Å²) in [6.45, 7) is 1.80. The molecule has 24 heavy (non-hydrogen) atoms. The SMILES string of the molecule is Cc1ccc(N2C(=O)NC(=O)/C(=C/c3ccc(I)o3)C2=O)cc1Cl. The van der Waals surface area contributed by atoms with Crippen LogP contribution in [0, 0.1) is 10.7 Å². The highest BCUT2D eigenvalue weighted by molar-refractivity contribution is 14.1. The Morgan fingerprint density at radius 3 is 2.58 bits per heavy atom. The number of rotatable bonds is 2. The molecule has 4 amide bonds. The van der Waals surface area contributed by atoms with Crippen LogP contribution in [0.3, 0.4) is 0 Å². The van der Waals surface area contributed by atoms with Crippen LogP contribution in [0.2, 0.25) is 5.02 Å². The number of anilines is 1. The summed E-state index contributed by atoms with van der Waals surface area (Å²) in [5.74, 6) is -1.17. The van der Waals surface area contributed by atoms with Gasteiger partial charge in [-0.25, -0.2) is 9.69 Å². The molecule has 122 valence electrons. The third-order valence-electron chi connectivity index (χ3n) is 3.40. The van der Waals surface area contributed by atoms with E-state index in [9.17, 15) is 14.4 Å². The summed E-state index contributed by atoms with van der Waals surface area (Å²) in [6.07, 6.45) is 1.30. The number of amides is 4. The Kier molecular flexibility index (Phi) is 4.46. The average molecular weight is 457 g/mol. The van der Waals surface area contributed by atoms with Crippen molar-refractivity contribution >= 4 is 63.8 Å². The molecule has 2 aromatic rings. The molecule has 0 atom stereocenters. The summed E-state index contributed by atoms with van der Waals surface area (Å²) < 4.78 is 5.95. The van der Waals surface area contributed by atoms with Gasteiger partial charge in [-0.05, 0) is 65.4 Å². The lowest BCUT2D eigenvalue weighted by Crippen LogP contribution is -2.54. The van der Waals surface area contributed by atoms with Crippen molar-refractivity contribution in [1.29, 1.82) is 0 Å². The summed E-state index contributed by atoms with van der Waals surface area (Å²) in [6, 6.07) is 7.27. The van der Waals surface area contributed by atoms with Crippen LogP contribution in [0.1, 0.15) is 11.3 Å². The molecule has 0 saturated carbocycles. The van der Waals surface area contributed by atoms with Crippen molar-refractivity contribution in [3.05, 3.63) is 56.0 Å². The minimum Gasteiger partial charge on any atom is -0.451 e. The Balaban J connectivity index is 2.02. The number of urea groups is 1. The number of hydrogen-bond donors (Lipinski definition) is 1. The highest BCUT2D eigenvalue weighted by atomic mass is 127. The first kappa shape index (κ1) is 16.7. The number of carbonyl (C=O) groups is 3. The molecule has 8 heteroatoms. The summed E-state index contributed by atoms with van der Waals surface area (Å²) in [4.78, 5) is 37.6. The van der Waals surface area contributed by atoms with Crippen molar-refractivity contribution in [3.8, 4) is 0 Å². The van der Waals surface area contributed by atoms with Gasteiger partial charge >= 0.3 is 6.03 Å². The molecule has 0 radical (unpaired) electrons. The van der Waals surface area contributed by atoms with Crippen LogP contribution in [0.4, 0.5) is 10.5 Å². The van der Waals surface area contributed by atoms with E-state index in [0.717, 1.165) is 10.5 Å². The zero-order valence-electron chi connectivity index (χ0n) is 12.3. The van der Waals surface area contributed by atoms with Gasteiger partial charge in [0.25, 0.3) is 11.8 Å². The summed E-state index contributed by atoms with van der Waals surface area (Å²) >= 11 is 8.03. The molecule has 0 spiro atoms. The monoisotopic (exact) mass is 456 g/mol. The van der Waals surface area contributed by atoms with E-state index in [1.54, 1.807) is 31.2 Å². The third kappa shape index (κ3) is 3.09. The fraction of sp³-hybridized carbons (Fsp3) is 0.0625. The minimum absolute atomic E-state index is 0.197. The Bertz CT molecular complexity index is 903. The summed E-state index contributed by atoms with van der Waals surface area (Å²) in [5, 5.41) is 2.55. The molecule has 0 bridgehead atoms. The van der Waals surface area contributed by atoms with Gasteiger partial charge in [-0.2, -0.15) is 0 Å². The molecule has 1 N–H and O–H groups in total. The van der Waals surface area contributed by atoms with Crippen LogP contribution in [-0.2, 0) is 9.59 Å². The van der Waals surface area contributed by atoms with E-state index in [0.29, 0.717) is 14.5 Å². The lowest BCUT2D eigenvalue weighted by molar-refractivity contribution is -0.122. The Labute approximate surface area is 155 Å². The zero-order valence-corrected chi connectivity index (χ0v) is 15.2. The van der Waals surface area contributed by atoms with Crippen LogP contribution in [0.5, 0.6) is 0 Å². The highest BCUT2D eigenvalue weighted by Crippen LogP contribution is 2.26. The molecular weight excluding hydrogens is 447 g/mol. The maximum Gasteiger partial charge on any atom is 0.335 e. The Hall–Kier alpha value is -2.13. The van der Waals surface area contributed by atoms with E-state index in [2.05, 4.69) is 5.32 Å². The topological polar surface area (TPSA) is 79.6 Å². The highest BCUT2D eigenvalue weighted by Gasteiger charge is 2.37. The minimum atomic E-state index is -0.823. The molecule has 1 aliphatic rings. The number of carbonyl (C=O) groups excluding carboxylic acids is 3. The van der Waals surface area contributed by atoms with Crippen molar-refractivity contribution in [2.45, 2.75) is 6.92 Å². The lowest BCUT2D eigenvalue weighted by atomic mass is 10.1. The van der Waals surface area contributed by atoms with Crippen molar-refractivity contribution in [3.63, 3.8) is 0 Å². The van der Waals surface area contributed by atoms with Gasteiger partial charge in [0, 0.05) is 5.02 Å². The van der Waals surface area contributed by atoms with Crippen molar-refractivity contribution in [2.75, 3.05) is 4.90 Å². The van der Waals surface area contributed by atoms with Crippen LogP contribution in [0.25, 0.3) is 6.08 Å². The second-order valence-corrected chi connectivity index (χ2v) is 6.50. The molecule has 1 aromatic carbocycles. The molecule has 0 unspecified atom stereocenters. The number of benzene rings is 1. The van der Waals surface area contributed by atoms with Crippen LogP contribution >= 0.6 is 34.2 Å². The van der Waals surface area contributed by atoms with Crippen molar-refractivity contribution in [2.24, 2.45) is 0 Å². The largest absolute Gasteiger partial charge is 0.451 e. The molecular formula is C16H10ClIN2O4. The number of aryl methyl sites for hydroxylation is 1. The van der Waals surface area contributed by atoms with Crippen LogP contribution < -0.4 is 10.2 Å². The first-order chi connectivity index (χ1) is 11.4. The number of furan rings is 1. The molecule has 1 saturated heterocycles. The van der Waals surface area contributed by atoms with E-state index in [1.807, 2.05) is 22.6 Å². The first-order valence-corrected chi connectivity index (χ1v) is 8.25. The molecule has 1 aliphatic heterocycles. The Morgan fingerprint density at radius 1 is 1.21 bits per heavy atom. The fourth-order valence-electron chi connectivity index (χ4n) is 2.16. The Morgan fingerprint density at radius 2 is 1.96 bits per heavy atom. The maximum absolute atomic E-state index is 12.6. The normalized spacial score (nSPS) is 16.7. The first-order valence-electron chi connectivity index (χ1n) is 6.80. The van der Waals surface area contributed by atoms with Gasteiger partial charge in [-0.3, -0.25) is 14.9 Å². The van der Waals surface area contributed by atoms with Gasteiger partial charge in [0.15, 0.2) is 3.77 Å². The standard InChI is InChI=1S/C16H10ClIN2O4/c1-8-2-3-9(6-12(8)17)20-15(22)11(14(21)19-16(20)23)7-10-4-5-13(18)24-10/h2-7H,1H3,(H,19,21,23)/b11-7-. The lowest BCUT2D eigenvalue weighted by Gasteiger charge is -2.26. The summed E-state index contributed by atoms with van der Waals surface area (Å²) in [7, 11) is 0. The van der Waals surface area contributed by atoms with E-state index >= 15 is 0 Å². The molecule has 2 heterocycles. The van der Waals surface area contributed by atoms with Crippen LogP contribution in [0.15, 0.2) is 40.3 Å². The van der Waals surface area contributed by atoms with E-state index in [1.165, 1.54) is 12.1 Å². The van der Waals surface area contributed by atoms with Gasteiger partial charge in [0.1, 0.15) is 11.3 Å². The average Bonchev–Trinajstić information content (AvgIpc) is 2.92. The predicted octanol–water partition coefficient (Wildman–Crippen LogP) is 3.51. The van der Waals surface area contributed by atoms with Gasteiger partial charge in [-0.15, -0.1) is 0 Å². The molecule has 3 rings (SSSR count). The van der Waals surface area contributed by atoms with Gasteiger partial charge < -0.3 is 4.42 Å². The number of barbiturate groups is 1. The number of hydrogen-bond acceptors (Lipinski definition) is 4. The van der Waals surface area contributed by atoms with E-state index < -0.39 is 17.8 Å². The van der Waals surface area contributed by atoms with Gasteiger partial charge in [-0.1, -0.05) is 17.7 Å². The van der Waals surface area contributed by atoms with Crippen molar-refractivity contribution in [1.82, 2.24) is 5.32 Å². The number of imide groups is 2. The van der Waals surface area contributed by atoms with E-state index in [-0.39, 0.29) is 11.3 Å². The fourth-order valence-corrected chi connectivity index (χ4v) is 2.77. The predicted molar refractivity (Wildman–Crippen MR) is 96.6 cm³/mol. The third-order valence-corrected chi connectivity index (χ3v) is 4.38. The van der Waals surface area contributed by atoms with Gasteiger partial charge in [0.05, 0.1) is 5.69 Å². The second kappa shape index (κ2) is 6.40. The van der Waals surface area contributed by atoms with Crippen LogP contribution in [-0.4, -0.2) is 17.8 Å². The molecule has 0 aliphatic carbocycles. The molecule has 1 aromatic heterocycles. The summed E-state index contributed by atoms with van der Waals surface area (Å²) in [5.41, 5.74) is 0.889. The van der Waals surface area contributed by atoms with E-state index in [4.69, 9.17) is 16.0 Å². The number of nitrogens with one attached hydrogen (secondary N) is 1.